The van der Waals surface area contributed by atoms with Crippen LogP contribution in [0.1, 0.15) is 26.2 Å². The smallest absolute Gasteiger partial charge is 0.157 e. The van der Waals surface area contributed by atoms with Gasteiger partial charge >= 0.3 is 0 Å². The van der Waals surface area contributed by atoms with Gasteiger partial charge in [0.2, 0.25) is 0 Å². The fourth-order valence-corrected chi connectivity index (χ4v) is 1.32. The van der Waals surface area contributed by atoms with Crippen molar-refractivity contribution in [1.29, 1.82) is 0 Å². The zero-order chi connectivity index (χ0) is 9.68. The Labute approximate surface area is 88.4 Å². The van der Waals surface area contributed by atoms with E-state index in [9.17, 15) is 0 Å². The Kier molecular flexibility index (Phi) is 4.99. The third kappa shape index (κ3) is 4.25. The molecule has 0 aliphatic carbocycles. The SMILES string of the molecule is C=C(Br)C(C)COC1CCCCO1. The van der Waals surface area contributed by atoms with Gasteiger partial charge in [-0.25, -0.2) is 0 Å². The van der Waals surface area contributed by atoms with Gasteiger partial charge in [-0.05, 0) is 23.7 Å². The molecule has 1 rings (SSSR count). The fourth-order valence-electron chi connectivity index (χ4n) is 1.18. The molecule has 0 N–H and O–H groups in total. The molecule has 1 fully saturated rings. The zero-order valence-corrected chi connectivity index (χ0v) is 9.68. The van der Waals surface area contributed by atoms with Gasteiger partial charge in [0.25, 0.3) is 0 Å². The van der Waals surface area contributed by atoms with Crippen LogP contribution in [0.4, 0.5) is 0 Å². The highest BCUT2D eigenvalue weighted by atomic mass is 79.9. The molecule has 13 heavy (non-hydrogen) atoms. The first-order chi connectivity index (χ1) is 6.20. The molecule has 0 saturated carbocycles. The topological polar surface area (TPSA) is 18.5 Å². The van der Waals surface area contributed by atoms with Gasteiger partial charge in [-0.1, -0.05) is 29.4 Å². The first-order valence-electron chi connectivity index (χ1n) is 4.77. The summed E-state index contributed by atoms with van der Waals surface area (Å²) in [4.78, 5) is 0. The van der Waals surface area contributed by atoms with Crippen molar-refractivity contribution in [2.75, 3.05) is 13.2 Å². The Bertz CT molecular complexity index is 164. The Hall–Kier alpha value is 0.140. The predicted octanol–water partition coefficient (Wildman–Crippen LogP) is 3.07. The van der Waals surface area contributed by atoms with E-state index in [2.05, 4.69) is 29.4 Å². The molecular formula is C10H17BrO2. The first kappa shape index (κ1) is 11.2. The molecule has 3 heteroatoms. The minimum absolute atomic E-state index is 0.0167. The first-order valence-corrected chi connectivity index (χ1v) is 5.57. The molecule has 2 nitrogen and oxygen atoms in total. The maximum atomic E-state index is 5.59. The Morgan fingerprint density at radius 3 is 3.00 bits per heavy atom. The molecule has 0 aromatic rings. The van der Waals surface area contributed by atoms with Crippen LogP contribution in [0.2, 0.25) is 0 Å². The minimum Gasteiger partial charge on any atom is -0.353 e. The summed E-state index contributed by atoms with van der Waals surface area (Å²) < 4.78 is 12.0. The maximum Gasteiger partial charge on any atom is 0.157 e. The highest BCUT2D eigenvalue weighted by Gasteiger charge is 2.15. The fraction of sp³-hybridized carbons (Fsp3) is 0.800. The van der Waals surface area contributed by atoms with E-state index in [1.807, 2.05) is 0 Å². The molecule has 2 atom stereocenters. The summed E-state index contributed by atoms with van der Waals surface area (Å²) >= 11 is 3.35. The second-order valence-corrected chi connectivity index (χ2v) is 4.50. The van der Waals surface area contributed by atoms with Crippen molar-refractivity contribution in [2.45, 2.75) is 32.5 Å². The van der Waals surface area contributed by atoms with Crippen molar-refractivity contribution in [3.05, 3.63) is 11.1 Å². The summed E-state index contributed by atoms with van der Waals surface area (Å²) in [5.74, 6) is 0.352. The molecule has 0 bridgehead atoms. The summed E-state index contributed by atoms with van der Waals surface area (Å²) in [5.41, 5.74) is 0. The molecule has 0 aromatic carbocycles. The number of rotatable bonds is 4. The van der Waals surface area contributed by atoms with E-state index in [0.717, 1.165) is 17.5 Å². The Morgan fingerprint density at radius 1 is 1.69 bits per heavy atom. The Morgan fingerprint density at radius 2 is 2.46 bits per heavy atom. The summed E-state index contributed by atoms with van der Waals surface area (Å²) in [5, 5.41) is 0. The normalized spacial score (nSPS) is 25.5. The highest BCUT2D eigenvalue weighted by Crippen LogP contribution is 2.18. The van der Waals surface area contributed by atoms with Gasteiger partial charge in [-0.2, -0.15) is 0 Å². The lowest BCUT2D eigenvalue weighted by molar-refractivity contribution is -0.166. The highest BCUT2D eigenvalue weighted by molar-refractivity contribution is 9.11. The second kappa shape index (κ2) is 5.78. The van der Waals surface area contributed by atoms with Crippen LogP contribution in [0.3, 0.4) is 0 Å². The monoisotopic (exact) mass is 248 g/mol. The number of hydrogen-bond donors (Lipinski definition) is 0. The second-order valence-electron chi connectivity index (χ2n) is 3.48. The van der Waals surface area contributed by atoms with Gasteiger partial charge < -0.3 is 9.47 Å². The molecule has 1 saturated heterocycles. The lowest BCUT2D eigenvalue weighted by atomic mass is 10.2. The summed E-state index contributed by atoms with van der Waals surface area (Å²) in [6, 6.07) is 0. The molecule has 0 aromatic heterocycles. The van der Waals surface area contributed by atoms with Crippen molar-refractivity contribution < 1.29 is 9.47 Å². The molecule has 1 aliphatic rings. The third-order valence-electron chi connectivity index (χ3n) is 2.20. The average Bonchev–Trinajstić information content (AvgIpc) is 2.15. The van der Waals surface area contributed by atoms with Crippen molar-refractivity contribution in [3.63, 3.8) is 0 Å². The Balaban J connectivity index is 2.13. The zero-order valence-electron chi connectivity index (χ0n) is 8.09. The van der Waals surface area contributed by atoms with E-state index in [4.69, 9.17) is 9.47 Å². The molecule has 0 radical (unpaired) electrons. The quantitative estimate of drug-likeness (QED) is 0.762. The summed E-state index contributed by atoms with van der Waals surface area (Å²) in [7, 11) is 0. The third-order valence-corrected chi connectivity index (χ3v) is 2.99. The van der Waals surface area contributed by atoms with Gasteiger partial charge in [0.1, 0.15) is 0 Å². The van der Waals surface area contributed by atoms with Crippen LogP contribution < -0.4 is 0 Å². The van der Waals surface area contributed by atoms with Gasteiger partial charge in [0.05, 0.1) is 6.61 Å². The van der Waals surface area contributed by atoms with E-state index in [1.165, 1.54) is 12.8 Å². The largest absolute Gasteiger partial charge is 0.353 e. The number of halogens is 1. The van der Waals surface area contributed by atoms with E-state index >= 15 is 0 Å². The van der Waals surface area contributed by atoms with Crippen molar-refractivity contribution >= 4 is 15.9 Å². The summed E-state index contributed by atoms with van der Waals surface area (Å²) in [6.45, 7) is 7.43. The van der Waals surface area contributed by atoms with Gasteiger partial charge in [-0.15, -0.1) is 0 Å². The van der Waals surface area contributed by atoms with Gasteiger partial charge in [0, 0.05) is 12.5 Å². The minimum atomic E-state index is 0.0167. The van der Waals surface area contributed by atoms with Crippen LogP contribution in [0.5, 0.6) is 0 Å². The van der Waals surface area contributed by atoms with Crippen LogP contribution in [-0.2, 0) is 9.47 Å². The van der Waals surface area contributed by atoms with Gasteiger partial charge in [0.15, 0.2) is 6.29 Å². The molecule has 1 heterocycles. The maximum absolute atomic E-state index is 5.59. The summed E-state index contributed by atoms with van der Waals surface area (Å²) in [6.07, 6.45) is 3.43. The van der Waals surface area contributed by atoms with E-state index < -0.39 is 0 Å². The molecule has 76 valence electrons. The number of ether oxygens (including phenoxy) is 2. The van der Waals surface area contributed by atoms with E-state index in [0.29, 0.717) is 12.5 Å². The van der Waals surface area contributed by atoms with Crippen LogP contribution in [0, 0.1) is 5.92 Å². The van der Waals surface area contributed by atoms with Crippen LogP contribution >= 0.6 is 15.9 Å². The van der Waals surface area contributed by atoms with Crippen molar-refractivity contribution in [3.8, 4) is 0 Å². The predicted molar refractivity (Wildman–Crippen MR) is 56.8 cm³/mol. The molecule has 1 aliphatic heterocycles. The molecule has 0 spiro atoms. The number of hydrogen-bond acceptors (Lipinski definition) is 2. The van der Waals surface area contributed by atoms with E-state index in [1.54, 1.807) is 0 Å². The molecule has 0 amide bonds. The lowest BCUT2D eigenvalue weighted by Crippen LogP contribution is -2.24. The van der Waals surface area contributed by atoms with Crippen LogP contribution in [0.15, 0.2) is 11.1 Å². The van der Waals surface area contributed by atoms with Crippen LogP contribution in [0.25, 0.3) is 0 Å². The van der Waals surface area contributed by atoms with E-state index in [-0.39, 0.29) is 6.29 Å². The average molecular weight is 249 g/mol. The molecule has 2 unspecified atom stereocenters. The van der Waals surface area contributed by atoms with Gasteiger partial charge in [-0.3, -0.25) is 0 Å². The standard InChI is InChI=1S/C10H17BrO2/c1-8(9(2)11)7-13-10-5-3-4-6-12-10/h8,10H,2-7H2,1H3. The lowest BCUT2D eigenvalue weighted by Gasteiger charge is -2.24. The van der Waals surface area contributed by atoms with Crippen LogP contribution in [-0.4, -0.2) is 19.5 Å². The van der Waals surface area contributed by atoms with Crippen molar-refractivity contribution in [1.82, 2.24) is 0 Å². The molecular weight excluding hydrogens is 232 g/mol. The van der Waals surface area contributed by atoms with Crippen molar-refractivity contribution in [2.24, 2.45) is 5.92 Å².